The van der Waals surface area contributed by atoms with Crippen LogP contribution in [0.25, 0.3) is 0 Å². The van der Waals surface area contributed by atoms with Crippen LogP contribution in [0.15, 0.2) is 48.5 Å². The Balaban J connectivity index is 1.56. The highest BCUT2D eigenvalue weighted by Crippen LogP contribution is 2.33. The lowest BCUT2D eigenvalue weighted by atomic mass is 9.91. The molecule has 3 amide bonds. The third-order valence-electron chi connectivity index (χ3n) is 6.15. The summed E-state index contributed by atoms with van der Waals surface area (Å²) in [5.74, 6) is -0.666. The second kappa shape index (κ2) is 8.89. The van der Waals surface area contributed by atoms with Gasteiger partial charge in [0.2, 0.25) is 11.8 Å². The predicted molar refractivity (Wildman–Crippen MR) is 120 cm³/mol. The van der Waals surface area contributed by atoms with Gasteiger partial charge in [0.15, 0.2) is 0 Å². The van der Waals surface area contributed by atoms with Crippen molar-refractivity contribution in [2.45, 2.75) is 57.2 Å². The van der Waals surface area contributed by atoms with E-state index in [1.54, 1.807) is 25.1 Å². The first-order valence-corrected chi connectivity index (χ1v) is 10.8. The number of nitrogens with zero attached hydrogens (tertiary/aromatic N) is 1. The first-order valence-electron chi connectivity index (χ1n) is 10.8. The van der Waals surface area contributed by atoms with Crippen molar-refractivity contribution < 1.29 is 14.4 Å². The molecule has 7 heteroatoms. The van der Waals surface area contributed by atoms with E-state index in [0.29, 0.717) is 16.9 Å². The van der Waals surface area contributed by atoms with E-state index in [1.807, 2.05) is 30.3 Å². The van der Waals surface area contributed by atoms with Crippen LogP contribution < -0.4 is 21.3 Å². The molecule has 162 valence electrons. The van der Waals surface area contributed by atoms with E-state index < -0.39 is 6.04 Å². The van der Waals surface area contributed by atoms with Crippen LogP contribution >= 0.6 is 0 Å². The second-order valence-corrected chi connectivity index (χ2v) is 8.35. The number of nitrogens with one attached hydrogen (secondary N) is 2. The predicted octanol–water partition coefficient (Wildman–Crippen LogP) is 2.60. The average molecular weight is 421 g/mol. The Morgan fingerprint density at radius 1 is 1.13 bits per heavy atom. The van der Waals surface area contributed by atoms with Crippen molar-refractivity contribution in [1.82, 2.24) is 5.32 Å². The van der Waals surface area contributed by atoms with Crippen molar-refractivity contribution in [2.75, 3.05) is 10.2 Å². The number of nitrogens with two attached hydrogens (primary N) is 1. The van der Waals surface area contributed by atoms with Crippen molar-refractivity contribution in [3.63, 3.8) is 0 Å². The lowest BCUT2D eigenvalue weighted by Crippen LogP contribution is -2.50. The molecule has 1 aliphatic heterocycles. The third kappa shape index (κ3) is 4.46. The molecular weight excluding hydrogens is 392 g/mol. The van der Waals surface area contributed by atoms with E-state index in [2.05, 4.69) is 10.6 Å². The van der Waals surface area contributed by atoms with E-state index >= 15 is 0 Å². The summed E-state index contributed by atoms with van der Waals surface area (Å²) < 4.78 is 0. The van der Waals surface area contributed by atoms with Gasteiger partial charge in [0, 0.05) is 17.6 Å². The molecule has 4 N–H and O–H groups in total. The minimum atomic E-state index is -0.636. The Labute approximate surface area is 182 Å². The van der Waals surface area contributed by atoms with E-state index in [9.17, 15) is 14.4 Å². The molecule has 2 aliphatic rings. The molecule has 0 saturated heterocycles. The van der Waals surface area contributed by atoms with Crippen LogP contribution in [-0.2, 0) is 16.0 Å². The highest BCUT2D eigenvalue weighted by atomic mass is 16.2. The molecule has 0 spiro atoms. The zero-order chi connectivity index (χ0) is 22.0. The van der Waals surface area contributed by atoms with Gasteiger partial charge in [-0.05, 0) is 43.5 Å². The topological polar surface area (TPSA) is 105 Å². The summed E-state index contributed by atoms with van der Waals surface area (Å²) in [7, 11) is 0. The molecule has 2 aromatic rings. The monoisotopic (exact) mass is 420 g/mol. The molecule has 1 heterocycles. The molecule has 0 aromatic heterocycles. The summed E-state index contributed by atoms with van der Waals surface area (Å²) in [6, 6.07) is 13.8. The van der Waals surface area contributed by atoms with Crippen molar-refractivity contribution in [2.24, 2.45) is 5.73 Å². The third-order valence-corrected chi connectivity index (χ3v) is 6.15. The van der Waals surface area contributed by atoms with Crippen molar-refractivity contribution in [1.29, 1.82) is 0 Å². The van der Waals surface area contributed by atoms with Crippen LogP contribution in [0.4, 0.5) is 11.4 Å². The molecule has 1 aliphatic carbocycles. The Morgan fingerprint density at radius 3 is 2.61 bits per heavy atom. The minimum Gasteiger partial charge on any atom is -0.348 e. The van der Waals surface area contributed by atoms with Crippen molar-refractivity contribution in [3.05, 3.63) is 59.7 Å². The second-order valence-electron chi connectivity index (χ2n) is 8.35. The van der Waals surface area contributed by atoms with Crippen LogP contribution in [0, 0.1) is 0 Å². The molecule has 31 heavy (non-hydrogen) atoms. The number of benzene rings is 2. The van der Waals surface area contributed by atoms with Crippen LogP contribution in [0.3, 0.4) is 0 Å². The van der Waals surface area contributed by atoms with Gasteiger partial charge in [0.1, 0.15) is 6.04 Å². The van der Waals surface area contributed by atoms with Crippen LogP contribution in [0.1, 0.15) is 48.5 Å². The highest BCUT2D eigenvalue weighted by molar-refractivity contribution is 6.13. The van der Waals surface area contributed by atoms with E-state index in [-0.39, 0.29) is 36.2 Å². The van der Waals surface area contributed by atoms with Gasteiger partial charge in [-0.3, -0.25) is 19.3 Å². The van der Waals surface area contributed by atoms with Crippen LogP contribution in [0.5, 0.6) is 0 Å². The molecule has 7 nitrogen and oxygen atoms in total. The molecule has 3 unspecified atom stereocenters. The lowest BCUT2D eigenvalue weighted by molar-refractivity contribution is -0.123. The Morgan fingerprint density at radius 2 is 1.87 bits per heavy atom. The van der Waals surface area contributed by atoms with Gasteiger partial charge in [-0.2, -0.15) is 0 Å². The quantitative estimate of drug-likeness (QED) is 0.707. The van der Waals surface area contributed by atoms with Gasteiger partial charge < -0.3 is 16.4 Å². The molecule has 0 radical (unpaired) electrons. The normalized spacial score (nSPS) is 23.0. The molecule has 3 atom stereocenters. The first-order chi connectivity index (χ1) is 14.9. The smallest absolute Gasteiger partial charge is 0.251 e. The standard InChI is InChI=1S/C24H28N4O3/c1-15-23(30)27-20-14-17(24(31)26-19-10-6-5-9-18(19)25)11-12-21(20)28(15)22(29)13-16-7-3-2-4-8-16/h2-4,7-8,11-12,14-15,18-19H,5-6,9-10,13,25H2,1H3,(H,26,31)(H,27,30). The fourth-order valence-corrected chi connectivity index (χ4v) is 4.35. The van der Waals surface area contributed by atoms with E-state index in [4.69, 9.17) is 5.73 Å². The van der Waals surface area contributed by atoms with Crippen LogP contribution in [-0.4, -0.2) is 35.8 Å². The first kappa shape index (κ1) is 21.1. The number of amides is 3. The SMILES string of the molecule is CC1C(=O)Nc2cc(C(=O)NC3CCCCC3N)ccc2N1C(=O)Cc1ccccc1. The fraction of sp³-hybridized carbons (Fsp3) is 0.375. The van der Waals surface area contributed by atoms with Gasteiger partial charge in [-0.15, -0.1) is 0 Å². The largest absolute Gasteiger partial charge is 0.348 e. The van der Waals surface area contributed by atoms with Gasteiger partial charge in [-0.1, -0.05) is 43.2 Å². The lowest BCUT2D eigenvalue weighted by Gasteiger charge is -2.35. The summed E-state index contributed by atoms with van der Waals surface area (Å²) in [4.78, 5) is 39.9. The number of fused-ring (bicyclic) bond motifs is 1. The fourth-order valence-electron chi connectivity index (χ4n) is 4.35. The summed E-state index contributed by atoms with van der Waals surface area (Å²) in [5.41, 5.74) is 8.52. The average Bonchev–Trinajstić information content (AvgIpc) is 2.76. The van der Waals surface area contributed by atoms with Crippen molar-refractivity contribution in [3.8, 4) is 0 Å². The van der Waals surface area contributed by atoms with Crippen LogP contribution in [0.2, 0.25) is 0 Å². The summed E-state index contributed by atoms with van der Waals surface area (Å²) in [5, 5.41) is 5.85. The highest BCUT2D eigenvalue weighted by Gasteiger charge is 2.34. The summed E-state index contributed by atoms with van der Waals surface area (Å²) in [6.07, 6.45) is 4.11. The van der Waals surface area contributed by atoms with E-state index in [0.717, 1.165) is 31.2 Å². The number of rotatable bonds is 4. The maximum absolute atomic E-state index is 13.1. The van der Waals surface area contributed by atoms with E-state index in [1.165, 1.54) is 4.90 Å². The molecule has 2 aromatic carbocycles. The molecule has 1 fully saturated rings. The Kier molecular flexibility index (Phi) is 6.04. The van der Waals surface area contributed by atoms with Gasteiger partial charge >= 0.3 is 0 Å². The molecular formula is C24H28N4O3. The Bertz CT molecular complexity index is 992. The molecule has 4 rings (SSSR count). The number of hydrogen-bond acceptors (Lipinski definition) is 4. The van der Waals surface area contributed by atoms with Crippen molar-refractivity contribution >= 4 is 29.1 Å². The minimum absolute atomic E-state index is 0.0398. The maximum Gasteiger partial charge on any atom is 0.251 e. The number of hydrogen-bond donors (Lipinski definition) is 3. The summed E-state index contributed by atoms with van der Waals surface area (Å²) >= 11 is 0. The number of carbonyl (C=O) groups excluding carboxylic acids is 3. The maximum atomic E-state index is 13.1. The molecule has 0 bridgehead atoms. The zero-order valence-electron chi connectivity index (χ0n) is 17.6. The summed E-state index contributed by atoms with van der Waals surface area (Å²) in [6.45, 7) is 1.70. The Hall–Kier alpha value is -3.19. The zero-order valence-corrected chi connectivity index (χ0v) is 17.6. The van der Waals surface area contributed by atoms with Gasteiger partial charge in [0.25, 0.3) is 5.91 Å². The van der Waals surface area contributed by atoms with Gasteiger partial charge in [-0.25, -0.2) is 0 Å². The van der Waals surface area contributed by atoms with Gasteiger partial charge in [0.05, 0.1) is 17.8 Å². The number of carbonyl (C=O) groups is 3. The number of anilines is 2. The molecule has 1 saturated carbocycles.